The van der Waals surface area contributed by atoms with Crippen molar-refractivity contribution in [3.05, 3.63) is 27.2 Å². The number of H-pyrrole nitrogens is 1. The fourth-order valence-corrected chi connectivity index (χ4v) is 2.71. The molecule has 2 heterocycles. The number of carbonyl (C=O) groups excluding carboxylic acids is 1. The first-order valence-electron chi connectivity index (χ1n) is 7.16. The molecule has 0 bridgehead atoms. The number of hydrogen-bond donors (Lipinski definition) is 2. The van der Waals surface area contributed by atoms with Gasteiger partial charge < -0.3 is 5.32 Å². The van der Waals surface area contributed by atoms with E-state index in [0.29, 0.717) is 17.6 Å². The third-order valence-electron chi connectivity index (χ3n) is 4.55. The van der Waals surface area contributed by atoms with Crippen LogP contribution in [-0.4, -0.2) is 20.7 Å². The molecule has 2 aromatic rings. The molecular weight excluding hydrogens is 268 g/mol. The minimum absolute atomic E-state index is 0.0865. The van der Waals surface area contributed by atoms with E-state index >= 15 is 0 Å². The molecule has 0 saturated heterocycles. The van der Waals surface area contributed by atoms with E-state index < -0.39 is 0 Å². The fourth-order valence-electron chi connectivity index (χ4n) is 2.71. The molecule has 1 saturated carbocycles. The maximum absolute atomic E-state index is 12.1. The Labute approximate surface area is 122 Å². The summed E-state index contributed by atoms with van der Waals surface area (Å²) in [6.07, 6.45) is 1.90. The van der Waals surface area contributed by atoms with Crippen LogP contribution in [0.5, 0.6) is 0 Å². The Morgan fingerprint density at radius 2 is 2.10 bits per heavy atom. The van der Waals surface area contributed by atoms with Crippen LogP contribution in [0.25, 0.3) is 11.0 Å². The lowest BCUT2D eigenvalue weighted by atomic mass is 10.0. The van der Waals surface area contributed by atoms with Gasteiger partial charge in [0, 0.05) is 24.7 Å². The number of rotatable bonds is 3. The molecule has 0 spiro atoms. The van der Waals surface area contributed by atoms with Crippen molar-refractivity contribution in [2.24, 2.45) is 12.5 Å². The van der Waals surface area contributed by atoms with Crippen molar-refractivity contribution >= 4 is 16.9 Å². The zero-order chi connectivity index (χ0) is 15.4. The molecule has 3 rings (SSSR count). The lowest BCUT2D eigenvalue weighted by molar-refractivity contribution is -0.125. The normalized spacial score (nSPS) is 16.2. The Kier molecular flexibility index (Phi) is 2.93. The van der Waals surface area contributed by atoms with Crippen LogP contribution < -0.4 is 10.9 Å². The molecule has 2 aromatic heterocycles. The predicted octanol–water partition coefficient (Wildman–Crippen LogP) is 1.29. The number of aromatic nitrogens is 3. The summed E-state index contributed by atoms with van der Waals surface area (Å²) >= 11 is 0. The lowest BCUT2D eigenvalue weighted by Gasteiger charge is -2.14. The van der Waals surface area contributed by atoms with Crippen molar-refractivity contribution in [2.75, 3.05) is 0 Å². The van der Waals surface area contributed by atoms with Crippen LogP contribution >= 0.6 is 0 Å². The van der Waals surface area contributed by atoms with E-state index in [4.69, 9.17) is 0 Å². The fraction of sp³-hybridized carbons (Fsp3) is 0.533. The summed E-state index contributed by atoms with van der Waals surface area (Å²) in [6.45, 7) is 6.21. The highest BCUT2D eigenvalue weighted by molar-refractivity contribution is 5.85. The number of aryl methyl sites for hydroxylation is 3. The standard InChI is InChI=1S/C15H20N4O2/c1-8-10(7-16-14(21)15(3)5-6-15)9(2)17-12-11(8)13(20)18-19(12)4/h5-7H2,1-4H3,(H,16,21)(H,18,20). The largest absolute Gasteiger partial charge is 0.351 e. The summed E-state index contributed by atoms with van der Waals surface area (Å²) in [7, 11) is 1.77. The van der Waals surface area contributed by atoms with E-state index in [2.05, 4.69) is 15.4 Å². The summed E-state index contributed by atoms with van der Waals surface area (Å²) in [5, 5.41) is 6.30. The summed E-state index contributed by atoms with van der Waals surface area (Å²) < 4.78 is 1.63. The van der Waals surface area contributed by atoms with Crippen LogP contribution in [0, 0.1) is 19.3 Å². The maximum Gasteiger partial charge on any atom is 0.273 e. The number of amides is 1. The van der Waals surface area contributed by atoms with Gasteiger partial charge in [-0.3, -0.25) is 19.4 Å². The van der Waals surface area contributed by atoms with Gasteiger partial charge in [-0.2, -0.15) is 0 Å². The van der Waals surface area contributed by atoms with Crippen LogP contribution in [0.4, 0.5) is 0 Å². The topological polar surface area (TPSA) is 79.8 Å². The van der Waals surface area contributed by atoms with Gasteiger partial charge in [0.1, 0.15) is 0 Å². The Hall–Kier alpha value is -2.11. The van der Waals surface area contributed by atoms with Crippen LogP contribution in [-0.2, 0) is 18.4 Å². The van der Waals surface area contributed by atoms with Crippen molar-refractivity contribution in [2.45, 2.75) is 40.2 Å². The number of hydrogen-bond acceptors (Lipinski definition) is 3. The minimum Gasteiger partial charge on any atom is -0.351 e. The number of carbonyl (C=O) groups is 1. The highest BCUT2D eigenvalue weighted by Gasteiger charge is 2.44. The van der Waals surface area contributed by atoms with Gasteiger partial charge in [0.2, 0.25) is 5.91 Å². The molecule has 1 aliphatic carbocycles. The summed E-state index contributed by atoms with van der Waals surface area (Å²) in [5.41, 5.74) is 2.98. The molecule has 0 atom stereocenters. The van der Waals surface area contributed by atoms with E-state index in [-0.39, 0.29) is 16.9 Å². The van der Waals surface area contributed by atoms with E-state index in [1.54, 1.807) is 11.7 Å². The number of aromatic amines is 1. The van der Waals surface area contributed by atoms with Crippen molar-refractivity contribution in [1.82, 2.24) is 20.1 Å². The van der Waals surface area contributed by atoms with Crippen LogP contribution in [0.3, 0.4) is 0 Å². The summed E-state index contributed by atoms with van der Waals surface area (Å²) in [4.78, 5) is 28.5. The second-order valence-electron chi connectivity index (χ2n) is 6.24. The first kappa shape index (κ1) is 13.9. The molecular formula is C15H20N4O2. The number of fused-ring (bicyclic) bond motifs is 1. The second-order valence-corrected chi connectivity index (χ2v) is 6.24. The molecule has 6 heteroatoms. The SMILES string of the molecule is Cc1nc2c(c(C)c1CNC(=O)C1(C)CC1)c(=O)[nH]n2C. The average Bonchev–Trinajstić information content (AvgIpc) is 3.09. The van der Waals surface area contributed by atoms with Crippen molar-refractivity contribution < 1.29 is 4.79 Å². The highest BCUT2D eigenvalue weighted by atomic mass is 16.2. The monoisotopic (exact) mass is 288 g/mol. The second kappa shape index (κ2) is 4.44. The first-order valence-corrected chi connectivity index (χ1v) is 7.16. The maximum atomic E-state index is 12.1. The summed E-state index contributed by atoms with van der Waals surface area (Å²) in [6, 6.07) is 0. The molecule has 0 aromatic carbocycles. The van der Waals surface area contributed by atoms with E-state index in [0.717, 1.165) is 29.7 Å². The molecule has 21 heavy (non-hydrogen) atoms. The van der Waals surface area contributed by atoms with Gasteiger partial charge in [0.15, 0.2) is 5.65 Å². The van der Waals surface area contributed by atoms with Gasteiger partial charge in [-0.25, -0.2) is 4.98 Å². The average molecular weight is 288 g/mol. The van der Waals surface area contributed by atoms with Gasteiger partial charge >= 0.3 is 0 Å². The molecule has 112 valence electrons. The zero-order valence-corrected chi connectivity index (χ0v) is 12.8. The highest BCUT2D eigenvalue weighted by Crippen LogP contribution is 2.45. The van der Waals surface area contributed by atoms with Crippen molar-refractivity contribution in [3.8, 4) is 0 Å². The van der Waals surface area contributed by atoms with Crippen molar-refractivity contribution in [1.29, 1.82) is 0 Å². The van der Waals surface area contributed by atoms with E-state index in [9.17, 15) is 9.59 Å². The third kappa shape index (κ3) is 2.14. The minimum atomic E-state index is -0.191. The third-order valence-corrected chi connectivity index (χ3v) is 4.55. The molecule has 0 radical (unpaired) electrons. The Morgan fingerprint density at radius 1 is 1.43 bits per heavy atom. The Morgan fingerprint density at radius 3 is 2.71 bits per heavy atom. The van der Waals surface area contributed by atoms with E-state index in [1.165, 1.54) is 0 Å². The predicted molar refractivity (Wildman–Crippen MR) is 80.0 cm³/mol. The molecule has 1 fully saturated rings. The number of pyridine rings is 1. The zero-order valence-electron chi connectivity index (χ0n) is 12.8. The smallest absolute Gasteiger partial charge is 0.273 e. The van der Waals surface area contributed by atoms with Crippen LogP contribution in [0.1, 0.15) is 36.6 Å². The van der Waals surface area contributed by atoms with Gasteiger partial charge in [-0.1, -0.05) is 6.92 Å². The summed E-state index contributed by atoms with van der Waals surface area (Å²) in [5.74, 6) is 0.0865. The molecule has 1 amide bonds. The van der Waals surface area contributed by atoms with Gasteiger partial charge in [-0.15, -0.1) is 0 Å². The number of nitrogens with zero attached hydrogens (tertiary/aromatic N) is 2. The quantitative estimate of drug-likeness (QED) is 0.893. The van der Waals surface area contributed by atoms with E-state index in [1.807, 2.05) is 20.8 Å². The Bertz CT molecular complexity index is 796. The lowest BCUT2D eigenvalue weighted by Crippen LogP contribution is -2.30. The molecule has 0 unspecified atom stereocenters. The van der Waals surface area contributed by atoms with Crippen molar-refractivity contribution in [3.63, 3.8) is 0 Å². The van der Waals surface area contributed by atoms with Crippen LogP contribution in [0.2, 0.25) is 0 Å². The molecule has 2 N–H and O–H groups in total. The van der Waals surface area contributed by atoms with Gasteiger partial charge in [0.05, 0.1) is 5.39 Å². The molecule has 0 aliphatic heterocycles. The number of nitrogens with one attached hydrogen (secondary N) is 2. The molecule has 1 aliphatic rings. The van der Waals surface area contributed by atoms with Gasteiger partial charge in [0.25, 0.3) is 5.56 Å². The van der Waals surface area contributed by atoms with Crippen LogP contribution in [0.15, 0.2) is 4.79 Å². The van der Waals surface area contributed by atoms with Gasteiger partial charge in [-0.05, 0) is 37.8 Å². The Balaban J connectivity index is 1.97. The molecule has 6 nitrogen and oxygen atoms in total. The first-order chi connectivity index (χ1) is 9.83.